The molecule has 0 unspecified atom stereocenters. The third-order valence-corrected chi connectivity index (χ3v) is 8.54. The zero-order chi connectivity index (χ0) is 31.1. The summed E-state index contributed by atoms with van der Waals surface area (Å²) in [7, 11) is 0. The van der Waals surface area contributed by atoms with E-state index in [0.29, 0.717) is 13.2 Å². The minimum absolute atomic E-state index is 0.0529. The summed E-state index contributed by atoms with van der Waals surface area (Å²) >= 11 is 0. The van der Waals surface area contributed by atoms with E-state index in [-0.39, 0.29) is 23.9 Å². The third-order valence-electron chi connectivity index (χ3n) is 8.54. The van der Waals surface area contributed by atoms with Crippen molar-refractivity contribution in [3.8, 4) is 0 Å². The van der Waals surface area contributed by atoms with E-state index in [0.717, 1.165) is 44.9 Å². The first-order valence-corrected chi connectivity index (χ1v) is 18.3. The van der Waals surface area contributed by atoms with Crippen molar-refractivity contribution >= 4 is 11.8 Å². The summed E-state index contributed by atoms with van der Waals surface area (Å²) in [6, 6.07) is 0.114. The summed E-state index contributed by atoms with van der Waals surface area (Å²) in [5, 5.41) is 23.6. The van der Waals surface area contributed by atoms with Gasteiger partial charge < -0.3 is 20.8 Å². The number of aliphatic hydroxyl groups is 2. The lowest BCUT2D eigenvalue weighted by Crippen LogP contribution is -2.33. The lowest BCUT2D eigenvalue weighted by Gasteiger charge is -2.03. The van der Waals surface area contributed by atoms with Crippen molar-refractivity contribution in [1.29, 1.82) is 0 Å². The van der Waals surface area contributed by atoms with Crippen LogP contribution in [0.1, 0.15) is 173 Å². The second kappa shape index (κ2) is 30.4. The van der Waals surface area contributed by atoms with Crippen molar-refractivity contribution in [2.75, 3.05) is 13.2 Å². The number of nitrogens with one attached hydrogen (secondary N) is 2. The molecule has 0 aromatic rings. The third kappa shape index (κ3) is 27.6. The Morgan fingerprint density at radius 1 is 0.442 bits per heavy atom. The van der Waals surface area contributed by atoms with Gasteiger partial charge in [-0.05, 0) is 57.1 Å². The molecule has 0 spiro atoms. The van der Waals surface area contributed by atoms with E-state index >= 15 is 0 Å². The van der Waals surface area contributed by atoms with Crippen LogP contribution in [-0.2, 0) is 9.59 Å². The molecule has 1 aliphatic rings. The highest BCUT2D eigenvalue weighted by Crippen LogP contribution is 2.21. The number of aliphatic hydroxyl groups excluding tert-OH is 2. The Morgan fingerprint density at radius 2 is 0.698 bits per heavy atom. The number of rotatable bonds is 32. The summed E-state index contributed by atoms with van der Waals surface area (Å²) in [6.07, 6.45) is 40.0. The predicted octanol–water partition coefficient (Wildman–Crippen LogP) is 8.60. The molecule has 0 bridgehead atoms. The molecule has 1 fully saturated rings. The fraction of sp³-hybridized carbons (Fsp3) is 0.838. The van der Waals surface area contributed by atoms with Gasteiger partial charge in [0.05, 0.1) is 12.1 Å². The van der Waals surface area contributed by atoms with Gasteiger partial charge in [0.1, 0.15) is 0 Å². The first-order chi connectivity index (χ1) is 21.2. The van der Waals surface area contributed by atoms with Gasteiger partial charge in [0.25, 0.3) is 0 Å². The van der Waals surface area contributed by atoms with E-state index in [1.807, 2.05) is 12.2 Å². The van der Waals surface area contributed by atoms with Crippen molar-refractivity contribution < 1.29 is 19.8 Å². The summed E-state index contributed by atoms with van der Waals surface area (Å²) < 4.78 is 0. The summed E-state index contributed by atoms with van der Waals surface area (Å²) in [5.41, 5.74) is 0. The van der Waals surface area contributed by atoms with Gasteiger partial charge in [-0.3, -0.25) is 9.59 Å². The number of allylic oxidation sites excluding steroid dienone is 2. The van der Waals surface area contributed by atoms with Crippen molar-refractivity contribution in [2.45, 2.75) is 185 Å². The molecule has 6 heteroatoms. The van der Waals surface area contributed by atoms with Gasteiger partial charge in [0.2, 0.25) is 11.8 Å². The minimum atomic E-state index is -0.0529. The number of amides is 2. The highest BCUT2D eigenvalue weighted by atomic mass is 16.3. The topological polar surface area (TPSA) is 98.7 Å². The van der Waals surface area contributed by atoms with Crippen LogP contribution in [-0.4, -0.2) is 47.3 Å². The number of hydrogen-bond acceptors (Lipinski definition) is 4. The minimum Gasteiger partial charge on any atom is -0.396 e. The average Bonchev–Trinajstić information content (AvgIpc) is 3.73. The molecular weight excluding hydrogens is 536 g/mol. The molecule has 1 saturated carbocycles. The van der Waals surface area contributed by atoms with E-state index in [1.165, 1.54) is 128 Å². The Bertz CT molecular complexity index is 651. The van der Waals surface area contributed by atoms with Gasteiger partial charge in [-0.2, -0.15) is 0 Å². The molecule has 0 aromatic carbocycles. The van der Waals surface area contributed by atoms with E-state index in [2.05, 4.69) is 10.6 Å². The van der Waals surface area contributed by atoms with Crippen LogP contribution >= 0.6 is 0 Å². The van der Waals surface area contributed by atoms with Crippen LogP contribution in [0.3, 0.4) is 0 Å². The number of carbonyl (C=O) groups excluding carboxylic acids is 2. The van der Waals surface area contributed by atoms with Crippen LogP contribution in [0.4, 0.5) is 0 Å². The van der Waals surface area contributed by atoms with Gasteiger partial charge in [0.15, 0.2) is 0 Å². The number of carbonyl (C=O) groups is 2. The van der Waals surface area contributed by atoms with Gasteiger partial charge in [0, 0.05) is 13.2 Å². The lowest BCUT2D eigenvalue weighted by molar-refractivity contribution is -0.118. The van der Waals surface area contributed by atoms with Crippen molar-refractivity contribution in [2.24, 2.45) is 0 Å². The molecule has 0 radical (unpaired) electrons. The SMILES string of the molecule is O=C(/C=C/CCCCCCCCCCCCCCO)N[C@@H]1C[C@H]1NC(=O)/C=C/CCCCCCCCCCCCCCO. The molecule has 0 saturated heterocycles. The summed E-state index contributed by atoms with van der Waals surface area (Å²) in [5.74, 6) is -0.106. The number of hydrogen-bond donors (Lipinski definition) is 4. The van der Waals surface area contributed by atoms with Crippen molar-refractivity contribution in [3.05, 3.63) is 24.3 Å². The van der Waals surface area contributed by atoms with E-state index < -0.39 is 0 Å². The Hall–Kier alpha value is -1.66. The smallest absolute Gasteiger partial charge is 0.243 e. The van der Waals surface area contributed by atoms with E-state index in [9.17, 15) is 9.59 Å². The summed E-state index contributed by atoms with van der Waals surface area (Å²) in [6.45, 7) is 0.667. The molecule has 250 valence electrons. The molecule has 2 atom stereocenters. The fourth-order valence-corrected chi connectivity index (χ4v) is 5.64. The van der Waals surface area contributed by atoms with Crippen LogP contribution in [0.15, 0.2) is 24.3 Å². The lowest BCUT2D eigenvalue weighted by atomic mass is 10.0. The Balaban J connectivity index is 1.86. The van der Waals surface area contributed by atoms with Crippen LogP contribution in [0, 0.1) is 0 Å². The molecule has 1 rings (SSSR count). The maximum absolute atomic E-state index is 12.1. The van der Waals surface area contributed by atoms with E-state index in [1.54, 1.807) is 12.2 Å². The van der Waals surface area contributed by atoms with Crippen molar-refractivity contribution in [3.63, 3.8) is 0 Å². The van der Waals surface area contributed by atoms with Gasteiger partial charge in [-0.15, -0.1) is 0 Å². The molecule has 43 heavy (non-hydrogen) atoms. The quantitative estimate of drug-likeness (QED) is 0.0456. The highest BCUT2D eigenvalue weighted by Gasteiger charge is 2.38. The zero-order valence-electron chi connectivity index (χ0n) is 27.7. The summed E-state index contributed by atoms with van der Waals surface area (Å²) in [4.78, 5) is 24.3. The van der Waals surface area contributed by atoms with Gasteiger partial charge in [-0.1, -0.05) is 141 Å². The van der Waals surface area contributed by atoms with Crippen LogP contribution < -0.4 is 10.6 Å². The van der Waals surface area contributed by atoms with Crippen LogP contribution in [0.2, 0.25) is 0 Å². The molecule has 0 aromatic heterocycles. The number of unbranched alkanes of at least 4 members (excludes halogenated alkanes) is 24. The standard InChI is InChI=1S/C37H68N2O4/c40-31-27-23-19-15-11-7-3-1-5-9-13-17-21-25-29-36(42)38-34-33-35(34)39-37(43)30-26-22-18-14-10-6-2-4-8-12-16-20-24-28-32-41/h25-26,29-30,34-35,40-41H,1-24,27-28,31-33H2,(H,38,42)(H,39,43)/b29-25+,30-26+/t34-,35-/m1/s1. The normalized spacial score (nSPS) is 16.3. The zero-order valence-corrected chi connectivity index (χ0v) is 27.7. The van der Waals surface area contributed by atoms with Crippen LogP contribution in [0.5, 0.6) is 0 Å². The van der Waals surface area contributed by atoms with E-state index in [4.69, 9.17) is 10.2 Å². The average molecular weight is 605 g/mol. The molecule has 6 nitrogen and oxygen atoms in total. The Kier molecular flexibility index (Phi) is 27.8. The molecule has 0 heterocycles. The Morgan fingerprint density at radius 3 is 0.977 bits per heavy atom. The first kappa shape index (κ1) is 39.4. The second-order valence-corrected chi connectivity index (χ2v) is 12.8. The largest absolute Gasteiger partial charge is 0.396 e. The molecular formula is C37H68N2O4. The maximum atomic E-state index is 12.1. The molecule has 4 N–H and O–H groups in total. The maximum Gasteiger partial charge on any atom is 0.243 e. The second-order valence-electron chi connectivity index (χ2n) is 12.8. The Labute approximate surface area is 265 Å². The molecule has 0 aliphatic heterocycles. The first-order valence-electron chi connectivity index (χ1n) is 18.3. The molecule has 2 amide bonds. The predicted molar refractivity (Wildman–Crippen MR) is 181 cm³/mol. The van der Waals surface area contributed by atoms with Gasteiger partial charge >= 0.3 is 0 Å². The highest BCUT2D eigenvalue weighted by molar-refractivity contribution is 5.89. The van der Waals surface area contributed by atoms with Gasteiger partial charge in [-0.25, -0.2) is 0 Å². The monoisotopic (exact) mass is 605 g/mol. The van der Waals surface area contributed by atoms with Crippen LogP contribution in [0.25, 0.3) is 0 Å². The molecule has 1 aliphatic carbocycles. The van der Waals surface area contributed by atoms with Crippen molar-refractivity contribution in [1.82, 2.24) is 10.6 Å². The fourth-order valence-electron chi connectivity index (χ4n) is 5.64.